The Morgan fingerprint density at radius 3 is 2.00 bits per heavy atom. The fourth-order valence-corrected chi connectivity index (χ4v) is 3.19. The van der Waals surface area contributed by atoms with Crippen LogP contribution in [0.4, 0.5) is 0 Å². The van der Waals surface area contributed by atoms with Crippen LogP contribution in [0, 0.1) is 27.7 Å². The summed E-state index contributed by atoms with van der Waals surface area (Å²) >= 11 is 0. The molecule has 0 atom stereocenters. The van der Waals surface area contributed by atoms with Crippen molar-refractivity contribution in [1.82, 2.24) is 5.43 Å². The van der Waals surface area contributed by atoms with E-state index in [9.17, 15) is 4.79 Å². The highest BCUT2D eigenvalue weighted by atomic mass is 16.2. The molecule has 3 nitrogen and oxygen atoms in total. The summed E-state index contributed by atoms with van der Waals surface area (Å²) in [5, 5.41) is 0. The number of benzene rings is 1. The lowest BCUT2D eigenvalue weighted by Gasteiger charge is -2.42. The average molecular weight is 246 g/mol. The molecule has 1 aliphatic rings. The van der Waals surface area contributed by atoms with E-state index < -0.39 is 0 Å². The summed E-state index contributed by atoms with van der Waals surface area (Å²) in [4.78, 5) is 12.2. The van der Waals surface area contributed by atoms with E-state index in [0.717, 1.165) is 19.3 Å². The summed E-state index contributed by atoms with van der Waals surface area (Å²) in [6.45, 7) is 8.44. The molecule has 98 valence electrons. The molecule has 1 amide bonds. The van der Waals surface area contributed by atoms with E-state index in [1.54, 1.807) is 0 Å². The number of amides is 1. The maximum Gasteiger partial charge on any atom is 0.244 e. The Morgan fingerprint density at radius 1 is 1.17 bits per heavy atom. The maximum absolute atomic E-state index is 12.2. The first-order valence-corrected chi connectivity index (χ1v) is 6.53. The van der Waals surface area contributed by atoms with Crippen LogP contribution in [0.15, 0.2) is 6.07 Å². The average Bonchev–Trinajstić information content (AvgIpc) is 2.29. The summed E-state index contributed by atoms with van der Waals surface area (Å²) in [7, 11) is 0. The molecule has 1 fully saturated rings. The first kappa shape index (κ1) is 13.1. The largest absolute Gasteiger partial charge is 0.293 e. The zero-order valence-corrected chi connectivity index (χ0v) is 11.7. The number of hydrogen-bond acceptors (Lipinski definition) is 2. The number of carbonyl (C=O) groups excluding carboxylic acids is 1. The normalized spacial score (nSPS) is 17.2. The number of hydrogen-bond donors (Lipinski definition) is 2. The fourth-order valence-electron chi connectivity index (χ4n) is 3.19. The minimum absolute atomic E-state index is 0.0371. The van der Waals surface area contributed by atoms with Crippen LogP contribution in [-0.4, -0.2) is 5.91 Å². The number of nitrogens with two attached hydrogens (primary N) is 1. The van der Waals surface area contributed by atoms with Gasteiger partial charge >= 0.3 is 0 Å². The van der Waals surface area contributed by atoms with E-state index in [0.29, 0.717) is 0 Å². The van der Waals surface area contributed by atoms with E-state index >= 15 is 0 Å². The molecule has 0 unspecified atom stereocenters. The number of aryl methyl sites for hydroxylation is 2. The van der Waals surface area contributed by atoms with Gasteiger partial charge in [-0.15, -0.1) is 0 Å². The lowest BCUT2D eigenvalue weighted by Crippen LogP contribution is -2.52. The monoisotopic (exact) mass is 246 g/mol. The molecule has 0 aromatic heterocycles. The third-order valence-corrected chi connectivity index (χ3v) is 4.62. The second-order valence-electron chi connectivity index (χ2n) is 5.54. The van der Waals surface area contributed by atoms with Crippen molar-refractivity contribution in [2.75, 3.05) is 0 Å². The van der Waals surface area contributed by atoms with Gasteiger partial charge in [-0.25, -0.2) is 5.84 Å². The van der Waals surface area contributed by atoms with Crippen molar-refractivity contribution < 1.29 is 4.79 Å². The van der Waals surface area contributed by atoms with Crippen LogP contribution in [0.2, 0.25) is 0 Å². The van der Waals surface area contributed by atoms with Crippen molar-refractivity contribution in [2.45, 2.75) is 52.4 Å². The van der Waals surface area contributed by atoms with Gasteiger partial charge in [0.2, 0.25) is 5.91 Å². The van der Waals surface area contributed by atoms with E-state index in [4.69, 9.17) is 5.84 Å². The predicted molar refractivity (Wildman–Crippen MR) is 73.2 cm³/mol. The van der Waals surface area contributed by atoms with Gasteiger partial charge in [-0.3, -0.25) is 10.2 Å². The Morgan fingerprint density at radius 2 is 1.67 bits per heavy atom. The molecular weight excluding hydrogens is 224 g/mol. The molecular formula is C15H22N2O. The van der Waals surface area contributed by atoms with E-state index in [2.05, 4.69) is 39.2 Å². The lowest BCUT2D eigenvalue weighted by atomic mass is 9.61. The first-order chi connectivity index (χ1) is 8.44. The van der Waals surface area contributed by atoms with Gasteiger partial charge in [-0.1, -0.05) is 12.5 Å². The highest BCUT2D eigenvalue weighted by Crippen LogP contribution is 2.47. The molecule has 18 heavy (non-hydrogen) atoms. The molecule has 0 saturated heterocycles. The van der Waals surface area contributed by atoms with Gasteiger partial charge in [0.1, 0.15) is 0 Å². The Bertz CT molecular complexity index is 475. The van der Waals surface area contributed by atoms with Crippen molar-refractivity contribution in [3.05, 3.63) is 33.9 Å². The number of carbonyl (C=O) groups is 1. The molecule has 0 spiro atoms. The fraction of sp³-hybridized carbons (Fsp3) is 0.533. The molecule has 0 aliphatic heterocycles. The second kappa shape index (κ2) is 4.39. The maximum atomic E-state index is 12.2. The van der Waals surface area contributed by atoms with Crippen molar-refractivity contribution in [3.63, 3.8) is 0 Å². The molecule has 1 aliphatic carbocycles. The van der Waals surface area contributed by atoms with Crippen LogP contribution >= 0.6 is 0 Å². The quantitative estimate of drug-likeness (QED) is 0.478. The number of nitrogens with one attached hydrogen (secondary N) is 1. The van der Waals surface area contributed by atoms with Crippen LogP contribution in [0.5, 0.6) is 0 Å². The highest BCUT2D eigenvalue weighted by molar-refractivity contribution is 5.90. The van der Waals surface area contributed by atoms with Gasteiger partial charge in [-0.05, 0) is 68.4 Å². The molecule has 1 aromatic rings. The van der Waals surface area contributed by atoms with Gasteiger partial charge in [0.15, 0.2) is 0 Å². The van der Waals surface area contributed by atoms with Crippen molar-refractivity contribution in [2.24, 2.45) is 5.84 Å². The molecule has 2 rings (SSSR count). The minimum Gasteiger partial charge on any atom is -0.293 e. The van der Waals surface area contributed by atoms with Gasteiger partial charge in [-0.2, -0.15) is 0 Å². The second-order valence-corrected chi connectivity index (χ2v) is 5.54. The Hall–Kier alpha value is -1.35. The molecule has 3 N–H and O–H groups in total. The topological polar surface area (TPSA) is 55.1 Å². The zero-order valence-electron chi connectivity index (χ0n) is 11.7. The molecule has 0 heterocycles. The SMILES string of the molecule is Cc1cc(C)c(C)c(C2(C(=O)NN)CCC2)c1C. The van der Waals surface area contributed by atoms with Crippen molar-refractivity contribution in [3.8, 4) is 0 Å². The minimum atomic E-state index is -0.389. The number of hydrazine groups is 1. The zero-order chi connectivity index (χ0) is 13.5. The molecule has 0 bridgehead atoms. The van der Waals surface area contributed by atoms with Crippen LogP contribution in [0.3, 0.4) is 0 Å². The summed E-state index contributed by atoms with van der Waals surface area (Å²) in [6, 6.07) is 2.20. The Kier molecular flexibility index (Phi) is 3.20. The van der Waals surface area contributed by atoms with Gasteiger partial charge in [0.25, 0.3) is 0 Å². The van der Waals surface area contributed by atoms with Crippen LogP contribution in [-0.2, 0) is 10.2 Å². The van der Waals surface area contributed by atoms with Gasteiger partial charge < -0.3 is 0 Å². The molecule has 3 heteroatoms. The van der Waals surface area contributed by atoms with E-state index in [1.807, 2.05) is 0 Å². The summed E-state index contributed by atoms with van der Waals surface area (Å²) in [5.74, 6) is 5.34. The summed E-state index contributed by atoms with van der Waals surface area (Å²) in [5.41, 5.74) is 8.16. The first-order valence-electron chi connectivity index (χ1n) is 6.53. The van der Waals surface area contributed by atoms with Crippen LogP contribution < -0.4 is 11.3 Å². The third kappa shape index (κ3) is 1.65. The lowest BCUT2D eigenvalue weighted by molar-refractivity contribution is -0.130. The number of rotatable bonds is 2. The standard InChI is InChI=1S/C15H22N2O/c1-9-8-10(2)12(4)13(11(9)3)15(6-5-7-15)14(18)17-16/h8H,5-7,16H2,1-4H3,(H,17,18). The van der Waals surface area contributed by atoms with Gasteiger partial charge in [0, 0.05) is 0 Å². The van der Waals surface area contributed by atoms with Crippen LogP contribution in [0.1, 0.15) is 47.1 Å². The van der Waals surface area contributed by atoms with Crippen molar-refractivity contribution >= 4 is 5.91 Å². The highest BCUT2D eigenvalue weighted by Gasteiger charge is 2.47. The van der Waals surface area contributed by atoms with Crippen LogP contribution in [0.25, 0.3) is 0 Å². The third-order valence-electron chi connectivity index (χ3n) is 4.62. The van der Waals surface area contributed by atoms with Gasteiger partial charge in [0.05, 0.1) is 5.41 Å². The molecule has 1 saturated carbocycles. The summed E-state index contributed by atoms with van der Waals surface area (Å²) in [6.07, 6.45) is 2.90. The van der Waals surface area contributed by atoms with Crippen molar-refractivity contribution in [1.29, 1.82) is 0 Å². The molecule has 1 aromatic carbocycles. The predicted octanol–water partition coefficient (Wildman–Crippen LogP) is 2.33. The molecule has 0 radical (unpaired) electrons. The Balaban J connectivity index is 2.66. The Labute approximate surface area is 109 Å². The van der Waals surface area contributed by atoms with E-state index in [-0.39, 0.29) is 11.3 Å². The van der Waals surface area contributed by atoms with E-state index in [1.165, 1.54) is 27.8 Å². The smallest absolute Gasteiger partial charge is 0.244 e. The summed E-state index contributed by atoms with van der Waals surface area (Å²) < 4.78 is 0.